The SMILES string of the molecule is CCOCCCn1c(NC(=O)c2cccc(OCC)c2)nc2ccccc21. The van der Waals surface area contributed by atoms with Gasteiger partial charge in [-0.1, -0.05) is 18.2 Å². The number of rotatable bonds is 9. The van der Waals surface area contributed by atoms with Crippen molar-refractivity contribution in [3.63, 3.8) is 0 Å². The average molecular weight is 367 g/mol. The van der Waals surface area contributed by atoms with Crippen LogP contribution in [-0.2, 0) is 11.3 Å². The molecule has 0 radical (unpaired) electrons. The van der Waals surface area contributed by atoms with Crippen LogP contribution >= 0.6 is 0 Å². The minimum Gasteiger partial charge on any atom is -0.494 e. The van der Waals surface area contributed by atoms with Crippen LogP contribution in [-0.4, -0.2) is 35.3 Å². The van der Waals surface area contributed by atoms with Gasteiger partial charge in [-0.25, -0.2) is 4.98 Å². The van der Waals surface area contributed by atoms with Gasteiger partial charge in [0.25, 0.3) is 5.91 Å². The number of nitrogens with zero attached hydrogens (tertiary/aromatic N) is 2. The van der Waals surface area contributed by atoms with Crippen molar-refractivity contribution >= 4 is 22.9 Å². The number of carbonyl (C=O) groups excluding carboxylic acids is 1. The van der Waals surface area contributed by atoms with E-state index in [0.29, 0.717) is 37.1 Å². The van der Waals surface area contributed by atoms with E-state index in [4.69, 9.17) is 9.47 Å². The van der Waals surface area contributed by atoms with Gasteiger partial charge in [-0.3, -0.25) is 10.1 Å². The van der Waals surface area contributed by atoms with E-state index in [1.807, 2.05) is 54.8 Å². The number of anilines is 1. The lowest BCUT2D eigenvalue weighted by Crippen LogP contribution is -2.16. The summed E-state index contributed by atoms with van der Waals surface area (Å²) in [5.74, 6) is 1.01. The number of nitrogens with one attached hydrogen (secondary N) is 1. The molecule has 3 rings (SSSR count). The predicted octanol–water partition coefficient (Wildman–Crippen LogP) is 4.11. The van der Waals surface area contributed by atoms with Crippen LogP contribution in [0.2, 0.25) is 0 Å². The number of fused-ring (bicyclic) bond motifs is 1. The molecule has 0 bridgehead atoms. The number of benzene rings is 2. The van der Waals surface area contributed by atoms with Gasteiger partial charge in [-0.05, 0) is 50.6 Å². The summed E-state index contributed by atoms with van der Waals surface area (Å²) in [6.07, 6.45) is 0.844. The lowest BCUT2D eigenvalue weighted by Gasteiger charge is -2.11. The first-order valence-corrected chi connectivity index (χ1v) is 9.30. The number of imidazole rings is 1. The van der Waals surface area contributed by atoms with Crippen molar-refractivity contribution < 1.29 is 14.3 Å². The van der Waals surface area contributed by atoms with Gasteiger partial charge in [0.05, 0.1) is 17.6 Å². The maximum Gasteiger partial charge on any atom is 0.258 e. The molecule has 1 heterocycles. The third-order valence-corrected chi connectivity index (χ3v) is 4.16. The van der Waals surface area contributed by atoms with Crippen LogP contribution in [0.25, 0.3) is 11.0 Å². The Balaban J connectivity index is 1.82. The molecular weight excluding hydrogens is 342 g/mol. The van der Waals surface area contributed by atoms with Crippen molar-refractivity contribution in [2.75, 3.05) is 25.1 Å². The third kappa shape index (κ3) is 4.65. The first kappa shape index (κ1) is 18.9. The fraction of sp³-hybridized carbons (Fsp3) is 0.333. The maximum atomic E-state index is 12.7. The van der Waals surface area contributed by atoms with Gasteiger partial charge in [-0.2, -0.15) is 0 Å². The fourth-order valence-electron chi connectivity index (χ4n) is 2.93. The zero-order chi connectivity index (χ0) is 19.1. The van der Waals surface area contributed by atoms with E-state index in [0.717, 1.165) is 24.0 Å². The molecule has 3 aromatic rings. The summed E-state index contributed by atoms with van der Waals surface area (Å²) in [4.78, 5) is 17.3. The van der Waals surface area contributed by atoms with E-state index >= 15 is 0 Å². The molecule has 2 aromatic carbocycles. The number of hydrogen-bond donors (Lipinski definition) is 1. The van der Waals surface area contributed by atoms with E-state index in [-0.39, 0.29) is 5.91 Å². The lowest BCUT2D eigenvalue weighted by molar-refractivity contribution is 0.102. The molecule has 1 aromatic heterocycles. The molecule has 0 aliphatic rings. The highest BCUT2D eigenvalue weighted by molar-refractivity contribution is 6.04. The Morgan fingerprint density at radius 3 is 2.78 bits per heavy atom. The summed E-state index contributed by atoms with van der Waals surface area (Å²) < 4.78 is 12.9. The highest BCUT2D eigenvalue weighted by Crippen LogP contribution is 2.21. The van der Waals surface area contributed by atoms with Gasteiger partial charge >= 0.3 is 0 Å². The van der Waals surface area contributed by atoms with Crippen molar-refractivity contribution in [2.45, 2.75) is 26.8 Å². The van der Waals surface area contributed by atoms with E-state index in [1.165, 1.54) is 0 Å². The molecule has 0 fully saturated rings. The van der Waals surface area contributed by atoms with Crippen molar-refractivity contribution in [3.8, 4) is 5.75 Å². The molecule has 27 heavy (non-hydrogen) atoms. The highest BCUT2D eigenvalue weighted by Gasteiger charge is 2.14. The molecule has 142 valence electrons. The summed E-state index contributed by atoms with van der Waals surface area (Å²) in [6.45, 7) is 6.54. The van der Waals surface area contributed by atoms with E-state index < -0.39 is 0 Å². The number of hydrogen-bond acceptors (Lipinski definition) is 4. The second-order valence-corrected chi connectivity index (χ2v) is 6.04. The second-order valence-electron chi connectivity index (χ2n) is 6.04. The molecule has 0 aliphatic heterocycles. The highest BCUT2D eigenvalue weighted by atomic mass is 16.5. The van der Waals surface area contributed by atoms with Crippen molar-refractivity contribution in [2.24, 2.45) is 0 Å². The first-order chi connectivity index (χ1) is 13.2. The zero-order valence-electron chi connectivity index (χ0n) is 15.8. The quantitative estimate of drug-likeness (QED) is 0.578. The van der Waals surface area contributed by atoms with Crippen molar-refractivity contribution in [1.82, 2.24) is 9.55 Å². The monoisotopic (exact) mass is 367 g/mol. The summed E-state index contributed by atoms with van der Waals surface area (Å²) in [5, 5.41) is 2.94. The number of aromatic nitrogens is 2. The summed E-state index contributed by atoms with van der Waals surface area (Å²) in [6, 6.07) is 15.0. The minimum atomic E-state index is -0.210. The Morgan fingerprint density at radius 2 is 1.96 bits per heavy atom. The first-order valence-electron chi connectivity index (χ1n) is 9.30. The standard InChI is InChI=1S/C21H25N3O3/c1-3-26-14-8-13-24-19-12-6-5-11-18(19)22-21(24)23-20(25)16-9-7-10-17(15-16)27-4-2/h5-7,9-12,15H,3-4,8,13-14H2,1-2H3,(H,22,23,25). The van der Waals surface area contributed by atoms with Crippen LogP contribution in [0.3, 0.4) is 0 Å². The number of amides is 1. The Labute approximate surface area is 159 Å². The van der Waals surface area contributed by atoms with Gasteiger partial charge < -0.3 is 14.0 Å². The Hall–Kier alpha value is -2.86. The average Bonchev–Trinajstić information content (AvgIpc) is 3.03. The predicted molar refractivity (Wildman–Crippen MR) is 106 cm³/mol. The molecule has 0 saturated heterocycles. The third-order valence-electron chi connectivity index (χ3n) is 4.16. The van der Waals surface area contributed by atoms with Crippen LogP contribution < -0.4 is 10.1 Å². The number of ether oxygens (including phenoxy) is 2. The fourth-order valence-corrected chi connectivity index (χ4v) is 2.93. The molecule has 6 heteroatoms. The molecule has 0 aliphatic carbocycles. The number of carbonyl (C=O) groups is 1. The minimum absolute atomic E-state index is 0.210. The van der Waals surface area contributed by atoms with Crippen molar-refractivity contribution in [3.05, 3.63) is 54.1 Å². The molecule has 0 saturated carbocycles. The maximum absolute atomic E-state index is 12.7. The number of aryl methyl sites for hydroxylation is 1. The Kier molecular flexibility index (Phi) is 6.44. The number of para-hydroxylation sites is 2. The molecule has 0 atom stereocenters. The largest absolute Gasteiger partial charge is 0.494 e. The summed E-state index contributed by atoms with van der Waals surface area (Å²) in [5.41, 5.74) is 2.38. The summed E-state index contributed by atoms with van der Waals surface area (Å²) >= 11 is 0. The van der Waals surface area contributed by atoms with Gasteiger partial charge in [0, 0.05) is 25.3 Å². The van der Waals surface area contributed by atoms with Gasteiger partial charge in [-0.15, -0.1) is 0 Å². The van der Waals surface area contributed by atoms with Gasteiger partial charge in [0.1, 0.15) is 5.75 Å². The topological polar surface area (TPSA) is 65.4 Å². The molecule has 6 nitrogen and oxygen atoms in total. The zero-order valence-corrected chi connectivity index (χ0v) is 15.8. The Bertz CT molecular complexity index is 905. The van der Waals surface area contributed by atoms with E-state index in [9.17, 15) is 4.79 Å². The molecular formula is C21H25N3O3. The molecule has 1 amide bonds. The molecule has 1 N–H and O–H groups in total. The van der Waals surface area contributed by atoms with Crippen LogP contribution in [0.4, 0.5) is 5.95 Å². The van der Waals surface area contributed by atoms with Crippen LogP contribution in [0, 0.1) is 0 Å². The smallest absolute Gasteiger partial charge is 0.258 e. The van der Waals surface area contributed by atoms with Crippen LogP contribution in [0.15, 0.2) is 48.5 Å². The van der Waals surface area contributed by atoms with Crippen LogP contribution in [0.5, 0.6) is 5.75 Å². The van der Waals surface area contributed by atoms with Gasteiger partial charge in [0.2, 0.25) is 5.95 Å². The normalized spacial score (nSPS) is 10.9. The van der Waals surface area contributed by atoms with Gasteiger partial charge in [0.15, 0.2) is 0 Å². The molecule has 0 spiro atoms. The lowest BCUT2D eigenvalue weighted by atomic mass is 10.2. The van der Waals surface area contributed by atoms with Crippen LogP contribution in [0.1, 0.15) is 30.6 Å². The Morgan fingerprint density at radius 1 is 1.11 bits per heavy atom. The van der Waals surface area contributed by atoms with Crippen molar-refractivity contribution in [1.29, 1.82) is 0 Å². The summed E-state index contributed by atoms with van der Waals surface area (Å²) in [7, 11) is 0. The second kappa shape index (κ2) is 9.19. The molecule has 0 unspecified atom stereocenters. The van der Waals surface area contributed by atoms with E-state index in [1.54, 1.807) is 12.1 Å². The van der Waals surface area contributed by atoms with E-state index in [2.05, 4.69) is 10.3 Å².